The highest BCUT2D eigenvalue weighted by Gasteiger charge is 2.34. The number of thiazole rings is 1. The lowest BCUT2D eigenvalue weighted by Crippen LogP contribution is -2.40. The van der Waals surface area contributed by atoms with Gasteiger partial charge in [-0.05, 0) is 63.1 Å². The number of esters is 1. The van der Waals surface area contributed by atoms with Gasteiger partial charge in [0.25, 0.3) is 5.56 Å². The van der Waals surface area contributed by atoms with Gasteiger partial charge in [0.05, 0.1) is 42.2 Å². The van der Waals surface area contributed by atoms with Gasteiger partial charge in [0.2, 0.25) is 0 Å². The van der Waals surface area contributed by atoms with Gasteiger partial charge in [-0.3, -0.25) is 9.36 Å². The number of carbonyl (C=O) groups excluding carboxylic acids is 1. The fourth-order valence-electron chi connectivity index (χ4n) is 5.98. The SMILES string of the molecule is CCOC(=O)C1=C(C)N=c2s/c(=C\c3c(C)n(Cc4ccccc4)c4ccccc34)c(=O)n2[C@@H]1c1ccc(OC)c(OCC)c1. The first-order valence-electron chi connectivity index (χ1n) is 15.0. The van der Waals surface area contributed by atoms with Gasteiger partial charge in [-0.1, -0.05) is 65.9 Å². The Morgan fingerprint density at radius 1 is 0.978 bits per heavy atom. The Morgan fingerprint density at radius 2 is 1.73 bits per heavy atom. The Morgan fingerprint density at radius 3 is 2.47 bits per heavy atom. The van der Waals surface area contributed by atoms with E-state index in [1.54, 1.807) is 31.6 Å². The number of rotatable bonds is 9. The molecule has 5 aromatic rings. The van der Waals surface area contributed by atoms with Gasteiger partial charge in [-0.15, -0.1) is 0 Å². The molecule has 230 valence electrons. The summed E-state index contributed by atoms with van der Waals surface area (Å²) in [5.41, 5.74) is 5.62. The van der Waals surface area contributed by atoms with Crippen molar-refractivity contribution in [1.82, 2.24) is 9.13 Å². The molecule has 2 aromatic heterocycles. The van der Waals surface area contributed by atoms with Crippen molar-refractivity contribution < 1.29 is 19.0 Å². The molecule has 1 aliphatic heterocycles. The average molecular weight is 622 g/mol. The summed E-state index contributed by atoms with van der Waals surface area (Å²) in [6, 6.07) is 23.3. The van der Waals surface area contributed by atoms with Crippen molar-refractivity contribution in [2.45, 2.75) is 40.3 Å². The Labute approximate surface area is 265 Å². The Bertz CT molecular complexity index is 2120. The Kier molecular flexibility index (Phi) is 8.45. The molecule has 3 heterocycles. The first kappa shape index (κ1) is 30.1. The van der Waals surface area contributed by atoms with Gasteiger partial charge >= 0.3 is 5.97 Å². The van der Waals surface area contributed by atoms with E-state index in [1.165, 1.54) is 16.9 Å². The van der Waals surface area contributed by atoms with Crippen LogP contribution >= 0.6 is 11.3 Å². The first-order chi connectivity index (χ1) is 21.9. The molecule has 3 aromatic carbocycles. The molecule has 0 bridgehead atoms. The van der Waals surface area contributed by atoms with Crippen molar-refractivity contribution in [2.75, 3.05) is 20.3 Å². The number of fused-ring (bicyclic) bond motifs is 2. The van der Waals surface area contributed by atoms with E-state index in [-0.39, 0.29) is 12.2 Å². The molecule has 0 saturated heterocycles. The number of aromatic nitrogens is 2. The zero-order valence-corrected chi connectivity index (χ0v) is 26.8. The molecule has 0 fully saturated rings. The van der Waals surface area contributed by atoms with Crippen molar-refractivity contribution in [3.05, 3.63) is 126 Å². The van der Waals surface area contributed by atoms with E-state index in [0.717, 1.165) is 22.2 Å². The van der Waals surface area contributed by atoms with E-state index in [2.05, 4.69) is 35.8 Å². The number of hydrogen-bond acceptors (Lipinski definition) is 7. The van der Waals surface area contributed by atoms with Crippen LogP contribution in [0.3, 0.4) is 0 Å². The van der Waals surface area contributed by atoms with Gasteiger partial charge in [0, 0.05) is 28.7 Å². The van der Waals surface area contributed by atoms with E-state index in [0.29, 0.717) is 50.8 Å². The van der Waals surface area contributed by atoms with Crippen LogP contribution in [0, 0.1) is 6.92 Å². The van der Waals surface area contributed by atoms with Crippen LogP contribution in [-0.4, -0.2) is 35.4 Å². The maximum atomic E-state index is 14.4. The van der Waals surface area contributed by atoms with Crippen LogP contribution in [0.2, 0.25) is 0 Å². The zero-order valence-electron chi connectivity index (χ0n) is 26.0. The van der Waals surface area contributed by atoms with Crippen LogP contribution < -0.4 is 24.4 Å². The summed E-state index contributed by atoms with van der Waals surface area (Å²) in [5, 5.41) is 1.06. The second kappa shape index (κ2) is 12.6. The van der Waals surface area contributed by atoms with Crippen molar-refractivity contribution >= 4 is 34.3 Å². The van der Waals surface area contributed by atoms with Crippen molar-refractivity contribution in [2.24, 2.45) is 4.99 Å². The predicted molar refractivity (Wildman–Crippen MR) is 177 cm³/mol. The standard InChI is InChI=1S/C36H35N3O5S/c1-6-43-30-19-25(17-18-29(30)42-5)33-32(35(41)44-7-2)22(3)37-36-39(33)34(40)31(45-36)20-27-23(4)38(21-24-13-9-8-10-14-24)28-16-12-11-15-26(27)28/h8-20,33H,6-7,21H2,1-5H3/b31-20-/t33-/m1/s1. The summed E-state index contributed by atoms with van der Waals surface area (Å²) in [7, 11) is 1.58. The smallest absolute Gasteiger partial charge is 0.338 e. The van der Waals surface area contributed by atoms with E-state index >= 15 is 0 Å². The number of nitrogens with zero attached hydrogens (tertiary/aromatic N) is 3. The maximum Gasteiger partial charge on any atom is 0.338 e. The molecule has 0 radical (unpaired) electrons. The minimum atomic E-state index is -0.756. The molecule has 0 aliphatic carbocycles. The van der Waals surface area contributed by atoms with Gasteiger partial charge in [0.1, 0.15) is 0 Å². The second-order valence-corrected chi connectivity index (χ2v) is 11.7. The average Bonchev–Trinajstić information content (AvgIpc) is 3.49. The minimum Gasteiger partial charge on any atom is -0.493 e. The fourth-order valence-corrected chi connectivity index (χ4v) is 7.01. The largest absolute Gasteiger partial charge is 0.493 e. The quantitative estimate of drug-likeness (QED) is 0.203. The Hall–Kier alpha value is -4.89. The molecule has 0 spiro atoms. The van der Waals surface area contributed by atoms with Crippen LogP contribution in [0.5, 0.6) is 11.5 Å². The highest BCUT2D eigenvalue weighted by molar-refractivity contribution is 7.07. The molecule has 6 rings (SSSR count). The third kappa shape index (κ3) is 5.48. The number of para-hydroxylation sites is 1. The molecule has 0 unspecified atom stereocenters. The fraction of sp³-hybridized carbons (Fsp3) is 0.250. The number of methoxy groups -OCH3 is 1. The molecule has 0 amide bonds. The third-order valence-corrected chi connectivity index (χ3v) is 9.04. The monoisotopic (exact) mass is 621 g/mol. The number of carbonyl (C=O) groups is 1. The maximum absolute atomic E-state index is 14.4. The summed E-state index contributed by atoms with van der Waals surface area (Å²) in [4.78, 5) is 33.0. The molecular weight excluding hydrogens is 586 g/mol. The number of allylic oxidation sites excluding steroid dienone is 1. The Balaban J connectivity index is 1.56. The van der Waals surface area contributed by atoms with Gasteiger partial charge < -0.3 is 18.8 Å². The van der Waals surface area contributed by atoms with Gasteiger partial charge in [-0.2, -0.15) is 0 Å². The highest BCUT2D eigenvalue weighted by atomic mass is 32.1. The summed E-state index contributed by atoms with van der Waals surface area (Å²) >= 11 is 1.32. The lowest BCUT2D eigenvalue weighted by Gasteiger charge is -2.25. The van der Waals surface area contributed by atoms with Crippen LogP contribution in [0.4, 0.5) is 0 Å². The summed E-state index contributed by atoms with van der Waals surface area (Å²) < 4.78 is 21.2. The van der Waals surface area contributed by atoms with Crippen LogP contribution in [-0.2, 0) is 16.1 Å². The third-order valence-electron chi connectivity index (χ3n) is 8.06. The van der Waals surface area contributed by atoms with Crippen LogP contribution in [0.15, 0.2) is 93.9 Å². The van der Waals surface area contributed by atoms with Crippen LogP contribution in [0.25, 0.3) is 17.0 Å². The molecule has 1 aliphatic rings. The lowest BCUT2D eigenvalue weighted by molar-refractivity contribution is -0.139. The van der Waals surface area contributed by atoms with Crippen molar-refractivity contribution in [1.29, 1.82) is 0 Å². The molecule has 8 nitrogen and oxygen atoms in total. The van der Waals surface area contributed by atoms with E-state index < -0.39 is 12.0 Å². The van der Waals surface area contributed by atoms with Gasteiger partial charge in [-0.25, -0.2) is 9.79 Å². The van der Waals surface area contributed by atoms with E-state index in [9.17, 15) is 9.59 Å². The zero-order chi connectivity index (χ0) is 31.7. The topological polar surface area (TPSA) is 84.1 Å². The van der Waals surface area contributed by atoms with Gasteiger partial charge in [0.15, 0.2) is 16.3 Å². The molecule has 0 saturated carbocycles. The van der Waals surface area contributed by atoms with E-state index in [4.69, 9.17) is 19.2 Å². The van der Waals surface area contributed by atoms with Crippen LogP contribution in [0.1, 0.15) is 49.2 Å². The number of ether oxygens (including phenoxy) is 3. The summed E-state index contributed by atoms with van der Waals surface area (Å²) in [6.45, 7) is 8.86. The van der Waals surface area contributed by atoms with Crippen molar-refractivity contribution in [3.63, 3.8) is 0 Å². The minimum absolute atomic E-state index is 0.200. The molecule has 9 heteroatoms. The lowest BCUT2D eigenvalue weighted by atomic mass is 9.95. The summed E-state index contributed by atoms with van der Waals surface area (Å²) in [5.74, 6) is 0.583. The summed E-state index contributed by atoms with van der Waals surface area (Å²) in [6.07, 6.45) is 1.96. The predicted octanol–water partition coefficient (Wildman–Crippen LogP) is 5.52. The highest BCUT2D eigenvalue weighted by Crippen LogP contribution is 2.36. The molecule has 1 atom stereocenters. The first-order valence-corrected chi connectivity index (χ1v) is 15.8. The number of benzene rings is 3. The molecule has 0 N–H and O–H groups in total. The second-order valence-electron chi connectivity index (χ2n) is 10.7. The molecule has 45 heavy (non-hydrogen) atoms. The normalized spacial score (nSPS) is 14.8. The van der Waals surface area contributed by atoms with E-state index in [1.807, 2.05) is 55.5 Å². The molecular formula is C36H35N3O5S. The number of hydrogen-bond donors (Lipinski definition) is 0. The van der Waals surface area contributed by atoms with Crippen molar-refractivity contribution in [3.8, 4) is 11.5 Å².